The number of nitrogens with zero attached hydrogens (tertiary/aromatic N) is 1. The average molecular weight is 362 g/mol. The van der Waals surface area contributed by atoms with Gasteiger partial charge in [-0.1, -0.05) is 18.6 Å². The molecule has 0 radical (unpaired) electrons. The third kappa shape index (κ3) is 6.67. The normalized spacial score (nSPS) is 21.4. The van der Waals surface area contributed by atoms with E-state index < -0.39 is 5.97 Å². The summed E-state index contributed by atoms with van der Waals surface area (Å²) in [7, 11) is 0. The van der Waals surface area contributed by atoms with Crippen LogP contribution in [0.1, 0.15) is 38.2 Å². The number of carbonyl (C=O) groups is 2. The van der Waals surface area contributed by atoms with E-state index in [1.165, 1.54) is 25.7 Å². The first-order chi connectivity index (χ1) is 12.5. The summed E-state index contributed by atoms with van der Waals surface area (Å²) in [4.78, 5) is 23.7. The fourth-order valence-corrected chi connectivity index (χ4v) is 3.84. The summed E-state index contributed by atoms with van der Waals surface area (Å²) in [5.41, 5.74) is 6.47. The number of ether oxygens (including phenoxy) is 1. The Morgan fingerprint density at radius 3 is 2.54 bits per heavy atom. The first-order valence-corrected chi connectivity index (χ1v) is 9.37. The van der Waals surface area contributed by atoms with Crippen molar-refractivity contribution in [1.82, 2.24) is 4.90 Å². The van der Waals surface area contributed by atoms with Crippen molar-refractivity contribution in [3.05, 3.63) is 29.8 Å². The van der Waals surface area contributed by atoms with E-state index in [-0.39, 0.29) is 5.91 Å². The number of aliphatic carboxylic acids is 1. The second kappa shape index (κ2) is 10.2. The summed E-state index contributed by atoms with van der Waals surface area (Å²) >= 11 is 0. The minimum atomic E-state index is -0.833. The van der Waals surface area contributed by atoms with E-state index in [0.29, 0.717) is 19.6 Å². The molecule has 1 amide bonds. The van der Waals surface area contributed by atoms with Gasteiger partial charge in [-0.3, -0.25) is 9.59 Å². The number of nitrogens with two attached hydrogens (primary N) is 1. The lowest BCUT2D eigenvalue weighted by molar-refractivity contribution is -0.135. The lowest BCUT2D eigenvalue weighted by Gasteiger charge is -2.41. The first-order valence-electron chi connectivity index (χ1n) is 9.37. The Kier molecular flexibility index (Phi) is 7.91. The van der Waals surface area contributed by atoms with Crippen LogP contribution in [0, 0.1) is 11.8 Å². The molecule has 2 unspecified atom stereocenters. The van der Waals surface area contributed by atoms with Gasteiger partial charge in [0.25, 0.3) is 5.97 Å². The topological polar surface area (TPSA) is 92.9 Å². The number of amides is 1. The summed E-state index contributed by atoms with van der Waals surface area (Å²) in [6, 6.07) is 7.81. The van der Waals surface area contributed by atoms with E-state index in [9.17, 15) is 4.79 Å². The van der Waals surface area contributed by atoms with Gasteiger partial charge in [0.15, 0.2) is 0 Å². The highest BCUT2D eigenvalue weighted by atomic mass is 16.5. The largest absolute Gasteiger partial charge is 0.492 e. The van der Waals surface area contributed by atoms with Crippen molar-refractivity contribution in [3.8, 4) is 5.75 Å². The van der Waals surface area contributed by atoms with Gasteiger partial charge in [-0.2, -0.15) is 0 Å². The summed E-state index contributed by atoms with van der Waals surface area (Å²) in [6.45, 7) is 4.00. The van der Waals surface area contributed by atoms with Gasteiger partial charge in [-0.25, -0.2) is 0 Å². The molecule has 1 saturated heterocycles. The number of fused-ring (bicyclic) bond motifs is 2. The Morgan fingerprint density at radius 1 is 1.27 bits per heavy atom. The third-order valence-electron chi connectivity index (χ3n) is 4.84. The maximum absolute atomic E-state index is 12.6. The van der Waals surface area contributed by atoms with Gasteiger partial charge in [-0.05, 0) is 48.8 Å². The number of hydrogen-bond donors (Lipinski definition) is 2. The van der Waals surface area contributed by atoms with Crippen LogP contribution in [0.5, 0.6) is 5.75 Å². The fraction of sp³-hybridized carbons (Fsp3) is 0.600. The maximum Gasteiger partial charge on any atom is 0.300 e. The van der Waals surface area contributed by atoms with Crippen molar-refractivity contribution in [1.29, 1.82) is 0 Å². The number of carboxylic acid groups (broad SMARTS) is 1. The van der Waals surface area contributed by atoms with Gasteiger partial charge in [0, 0.05) is 26.6 Å². The Bertz CT molecular complexity index is 589. The van der Waals surface area contributed by atoms with Gasteiger partial charge in [0.2, 0.25) is 5.91 Å². The Labute approximate surface area is 155 Å². The Morgan fingerprint density at radius 2 is 1.92 bits per heavy atom. The molecule has 6 nitrogen and oxygen atoms in total. The smallest absolute Gasteiger partial charge is 0.300 e. The molecule has 2 bridgehead atoms. The van der Waals surface area contributed by atoms with Crippen LogP contribution >= 0.6 is 0 Å². The minimum absolute atomic E-state index is 0.257. The molecule has 2 aliphatic rings. The summed E-state index contributed by atoms with van der Waals surface area (Å²) < 4.78 is 5.53. The van der Waals surface area contributed by atoms with E-state index in [0.717, 1.165) is 43.2 Å². The highest BCUT2D eigenvalue weighted by molar-refractivity contribution is 5.79. The monoisotopic (exact) mass is 362 g/mol. The van der Waals surface area contributed by atoms with Gasteiger partial charge in [0.1, 0.15) is 12.4 Å². The zero-order valence-electron chi connectivity index (χ0n) is 15.5. The maximum atomic E-state index is 12.6. The van der Waals surface area contributed by atoms with E-state index in [1.807, 2.05) is 24.3 Å². The molecule has 1 aromatic carbocycles. The molecule has 26 heavy (non-hydrogen) atoms. The van der Waals surface area contributed by atoms with E-state index in [2.05, 4.69) is 4.90 Å². The molecule has 2 atom stereocenters. The molecule has 6 heteroatoms. The minimum Gasteiger partial charge on any atom is -0.492 e. The molecule has 1 heterocycles. The number of piperidine rings is 1. The molecule has 0 aromatic heterocycles. The second-order valence-electron chi connectivity index (χ2n) is 7.18. The van der Waals surface area contributed by atoms with Crippen LogP contribution in [0.25, 0.3) is 0 Å². The van der Waals surface area contributed by atoms with Crippen molar-refractivity contribution in [2.24, 2.45) is 17.6 Å². The molecule has 0 spiro atoms. The van der Waals surface area contributed by atoms with E-state index in [4.69, 9.17) is 20.4 Å². The van der Waals surface area contributed by atoms with Crippen LogP contribution in [-0.2, 0) is 16.0 Å². The zero-order valence-corrected chi connectivity index (χ0v) is 15.5. The molecular weight excluding hydrogens is 332 g/mol. The lowest BCUT2D eigenvalue weighted by Crippen LogP contribution is -2.46. The number of likely N-dealkylation sites (tertiary alicyclic amines) is 1. The average Bonchev–Trinajstić information content (AvgIpc) is 2.59. The third-order valence-corrected chi connectivity index (χ3v) is 4.84. The second-order valence-corrected chi connectivity index (χ2v) is 7.18. The Balaban J connectivity index is 0.000000552. The molecule has 1 aliphatic carbocycles. The van der Waals surface area contributed by atoms with Crippen molar-refractivity contribution in [2.45, 2.75) is 39.0 Å². The summed E-state index contributed by atoms with van der Waals surface area (Å²) in [5, 5.41) is 7.42. The number of rotatable bonds is 5. The standard InChI is InChI=1S/C18H26N2O2.C2H4O2/c19-7-8-22-17-6-2-3-14(10-17)11-18(21)20-12-15-4-1-5-16(9-15)13-20;1-2(3)4/h2-3,6,10,15-16H,1,4-5,7-9,11-13,19H2;1H3,(H,3,4). The van der Waals surface area contributed by atoms with Crippen molar-refractivity contribution in [3.63, 3.8) is 0 Å². The van der Waals surface area contributed by atoms with Crippen LogP contribution in [0.3, 0.4) is 0 Å². The molecular formula is C20H30N2O4. The number of benzene rings is 1. The van der Waals surface area contributed by atoms with Gasteiger partial charge in [-0.15, -0.1) is 0 Å². The molecule has 3 rings (SSSR count). The van der Waals surface area contributed by atoms with Gasteiger partial charge < -0.3 is 20.5 Å². The lowest BCUT2D eigenvalue weighted by atomic mass is 9.78. The SMILES string of the molecule is CC(=O)O.NCCOc1cccc(CC(=O)N2CC3CCCC(C3)C2)c1. The molecule has 1 saturated carbocycles. The highest BCUT2D eigenvalue weighted by Gasteiger charge is 2.32. The fourth-order valence-electron chi connectivity index (χ4n) is 3.84. The molecule has 1 aliphatic heterocycles. The van der Waals surface area contributed by atoms with Gasteiger partial charge >= 0.3 is 0 Å². The molecule has 3 N–H and O–H groups in total. The number of hydrogen-bond acceptors (Lipinski definition) is 4. The van der Waals surface area contributed by atoms with Crippen LogP contribution in [0.15, 0.2) is 24.3 Å². The number of carboxylic acids is 1. The van der Waals surface area contributed by atoms with Crippen LogP contribution in [0.4, 0.5) is 0 Å². The van der Waals surface area contributed by atoms with Crippen molar-refractivity contribution >= 4 is 11.9 Å². The van der Waals surface area contributed by atoms with Crippen molar-refractivity contribution < 1.29 is 19.4 Å². The predicted octanol–water partition coefficient (Wildman–Crippen LogP) is 2.31. The Hall–Kier alpha value is -2.08. The van der Waals surface area contributed by atoms with Crippen LogP contribution < -0.4 is 10.5 Å². The first kappa shape index (κ1) is 20.2. The van der Waals surface area contributed by atoms with Gasteiger partial charge in [0.05, 0.1) is 6.42 Å². The zero-order chi connectivity index (χ0) is 18.9. The predicted molar refractivity (Wildman–Crippen MR) is 100 cm³/mol. The quantitative estimate of drug-likeness (QED) is 0.838. The van der Waals surface area contributed by atoms with E-state index in [1.54, 1.807) is 0 Å². The van der Waals surface area contributed by atoms with Crippen LogP contribution in [-0.4, -0.2) is 48.1 Å². The number of carbonyl (C=O) groups excluding carboxylic acids is 1. The molecule has 2 fully saturated rings. The highest BCUT2D eigenvalue weighted by Crippen LogP contribution is 2.34. The molecule has 1 aromatic rings. The van der Waals surface area contributed by atoms with Crippen LogP contribution in [0.2, 0.25) is 0 Å². The summed E-state index contributed by atoms with van der Waals surface area (Å²) in [6.07, 6.45) is 5.73. The van der Waals surface area contributed by atoms with E-state index >= 15 is 0 Å². The molecule has 144 valence electrons. The summed E-state index contributed by atoms with van der Waals surface area (Å²) in [5.74, 6) is 1.69. The van der Waals surface area contributed by atoms with Crippen molar-refractivity contribution in [2.75, 3.05) is 26.2 Å².